The Morgan fingerprint density at radius 1 is 0.692 bits per heavy atom. The van der Waals surface area contributed by atoms with E-state index in [9.17, 15) is 9.59 Å². The summed E-state index contributed by atoms with van der Waals surface area (Å²) in [5, 5.41) is 0. The summed E-state index contributed by atoms with van der Waals surface area (Å²) < 4.78 is 18.3. The molecule has 216 valence electrons. The minimum atomic E-state index is -1.12. The second-order valence-electron chi connectivity index (χ2n) is 12.9. The molecule has 0 spiro atoms. The first kappa shape index (κ1) is 32.5. The molecule has 0 amide bonds. The Morgan fingerprint density at radius 3 is 1.77 bits per heavy atom. The molecule has 0 fully saturated rings. The number of nitrogens with zero attached hydrogens (tertiary/aromatic N) is 1. The van der Waals surface area contributed by atoms with E-state index in [1.54, 1.807) is 6.92 Å². The fourth-order valence-electron chi connectivity index (χ4n) is 3.87. The van der Waals surface area contributed by atoms with E-state index in [4.69, 9.17) is 14.2 Å². The fraction of sp³-hybridized carbons (Fsp3) is 0.576. The summed E-state index contributed by atoms with van der Waals surface area (Å²) in [6.07, 6.45) is 1.43. The number of carbonyl (C=O) groups is 2. The van der Waals surface area contributed by atoms with Crippen LogP contribution in [0.1, 0.15) is 78.0 Å². The van der Waals surface area contributed by atoms with Crippen LogP contribution in [0.5, 0.6) is 0 Å². The summed E-state index contributed by atoms with van der Waals surface area (Å²) in [7, 11) is 4.44. The monoisotopic (exact) mass is 540 g/mol. The van der Waals surface area contributed by atoms with Crippen LogP contribution >= 0.6 is 0 Å². The van der Waals surface area contributed by atoms with Gasteiger partial charge in [-0.05, 0) is 53.0 Å². The molecule has 0 N–H and O–H groups in total. The van der Waals surface area contributed by atoms with E-state index in [1.165, 1.54) is 11.1 Å². The Morgan fingerprint density at radius 2 is 1.23 bits per heavy atom. The maximum absolute atomic E-state index is 13.3. The van der Waals surface area contributed by atoms with Crippen LogP contribution in [0.15, 0.2) is 54.6 Å². The van der Waals surface area contributed by atoms with Crippen LogP contribution in [0.4, 0.5) is 0 Å². The number of benzene rings is 2. The summed E-state index contributed by atoms with van der Waals surface area (Å²) in [4.78, 5) is 25.9. The summed E-state index contributed by atoms with van der Waals surface area (Å²) >= 11 is 0. The molecule has 2 rings (SSSR count). The van der Waals surface area contributed by atoms with Gasteiger partial charge in [0.2, 0.25) is 0 Å². The molecule has 0 aliphatic rings. The molecule has 0 aliphatic carbocycles. The summed E-state index contributed by atoms with van der Waals surface area (Å²) in [5.41, 5.74) is 1.29. The molecular weight excluding hydrogens is 490 g/mol. The molecule has 0 bridgehead atoms. The van der Waals surface area contributed by atoms with Crippen LogP contribution in [0.2, 0.25) is 0 Å². The topological polar surface area (TPSA) is 61.8 Å². The molecule has 39 heavy (non-hydrogen) atoms. The van der Waals surface area contributed by atoms with E-state index in [1.807, 2.05) is 59.7 Å². The smallest absolute Gasteiger partial charge is 0.317 e. The highest BCUT2D eigenvalue weighted by molar-refractivity contribution is 5.79. The number of carbonyl (C=O) groups excluding carboxylic acids is 2. The zero-order valence-corrected chi connectivity index (χ0v) is 25.6. The predicted molar refractivity (Wildman–Crippen MR) is 156 cm³/mol. The molecule has 0 saturated heterocycles. The third kappa shape index (κ3) is 10.4. The fourth-order valence-corrected chi connectivity index (χ4v) is 3.87. The van der Waals surface area contributed by atoms with Gasteiger partial charge < -0.3 is 18.7 Å². The van der Waals surface area contributed by atoms with Crippen molar-refractivity contribution in [3.05, 3.63) is 71.3 Å². The maximum Gasteiger partial charge on any atom is 0.317 e. The quantitative estimate of drug-likeness (QED) is 0.186. The second-order valence-corrected chi connectivity index (χ2v) is 12.9. The summed E-state index contributed by atoms with van der Waals surface area (Å²) in [6.45, 7) is 15.3. The zero-order chi connectivity index (χ0) is 29.3. The lowest BCUT2D eigenvalue weighted by molar-refractivity contribution is -0.916. The van der Waals surface area contributed by atoms with Gasteiger partial charge in [-0.15, -0.1) is 0 Å². The zero-order valence-electron chi connectivity index (χ0n) is 25.6. The lowest BCUT2D eigenvalue weighted by Crippen LogP contribution is -2.43. The minimum absolute atomic E-state index is 0.0960. The van der Waals surface area contributed by atoms with Gasteiger partial charge in [-0.25, -0.2) is 0 Å². The second kappa shape index (κ2) is 13.6. The van der Waals surface area contributed by atoms with Crippen molar-refractivity contribution < 1.29 is 28.3 Å². The number of rotatable bonds is 15. The van der Waals surface area contributed by atoms with Gasteiger partial charge in [0.05, 0.1) is 31.7 Å². The van der Waals surface area contributed by atoms with E-state index in [2.05, 4.69) is 50.5 Å². The van der Waals surface area contributed by atoms with Crippen molar-refractivity contribution in [3.63, 3.8) is 0 Å². The van der Waals surface area contributed by atoms with Gasteiger partial charge in [0, 0.05) is 11.1 Å². The Hall–Kier alpha value is -2.70. The van der Waals surface area contributed by atoms with Gasteiger partial charge in [0.25, 0.3) is 0 Å². The van der Waals surface area contributed by atoms with Gasteiger partial charge in [0.1, 0.15) is 31.7 Å². The Kier molecular flexibility index (Phi) is 11.3. The average molecular weight is 541 g/mol. The standard InChI is InChI=1S/C33H50NO5/c1-10-31(3,4)29(35)38-24-33(7,25-39-32(5,6)11-2)30(36)37-23-28-19-17-27(18-20-28)22-34(8,9)21-26-15-13-12-14-16-26/h12-20H,10-11,21-25H2,1-9H3/q+1. The van der Waals surface area contributed by atoms with E-state index >= 15 is 0 Å². The Labute approximate surface area is 236 Å². The number of hydrogen-bond acceptors (Lipinski definition) is 5. The van der Waals surface area contributed by atoms with Gasteiger partial charge in [0.15, 0.2) is 0 Å². The van der Waals surface area contributed by atoms with Crippen molar-refractivity contribution in [2.75, 3.05) is 27.3 Å². The van der Waals surface area contributed by atoms with Crippen LogP contribution in [0.25, 0.3) is 0 Å². The van der Waals surface area contributed by atoms with Crippen molar-refractivity contribution in [2.24, 2.45) is 10.8 Å². The number of esters is 2. The molecule has 0 radical (unpaired) electrons. The highest BCUT2D eigenvalue weighted by Gasteiger charge is 2.40. The number of quaternary nitrogens is 1. The van der Waals surface area contributed by atoms with Crippen molar-refractivity contribution in [2.45, 2.75) is 86.6 Å². The molecule has 0 aromatic heterocycles. The minimum Gasteiger partial charge on any atom is -0.464 e. The van der Waals surface area contributed by atoms with E-state index in [-0.39, 0.29) is 25.8 Å². The first-order valence-corrected chi connectivity index (χ1v) is 14.0. The van der Waals surface area contributed by atoms with Crippen LogP contribution < -0.4 is 0 Å². The molecule has 0 heterocycles. The largest absolute Gasteiger partial charge is 0.464 e. The summed E-state index contributed by atoms with van der Waals surface area (Å²) in [6, 6.07) is 18.7. The van der Waals surface area contributed by atoms with Crippen LogP contribution in [-0.4, -0.2) is 49.3 Å². The maximum atomic E-state index is 13.3. The molecule has 6 nitrogen and oxygen atoms in total. The van der Waals surface area contributed by atoms with E-state index < -0.39 is 22.4 Å². The molecule has 0 aliphatic heterocycles. The number of ether oxygens (including phenoxy) is 3. The van der Waals surface area contributed by atoms with E-state index in [0.717, 1.165) is 29.6 Å². The van der Waals surface area contributed by atoms with E-state index in [0.29, 0.717) is 6.42 Å². The molecule has 0 saturated carbocycles. The molecular formula is C33H50NO5+. The van der Waals surface area contributed by atoms with Crippen molar-refractivity contribution >= 4 is 11.9 Å². The highest BCUT2D eigenvalue weighted by atomic mass is 16.6. The molecule has 1 atom stereocenters. The van der Waals surface area contributed by atoms with Gasteiger partial charge >= 0.3 is 11.9 Å². The lowest BCUT2D eigenvalue weighted by Gasteiger charge is -2.33. The molecule has 2 aromatic rings. The van der Waals surface area contributed by atoms with Crippen LogP contribution in [0.3, 0.4) is 0 Å². The molecule has 1 unspecified atom stereocenters. The first-order valence-electron chi connectivity index (χ1n) is 14.0. The normalized spacial score (nSPS) is 14.0. The average Bonchev–Trinajstić information content (AvgIpc) is 2.90. The SMILES string of the molecule is CCC(C)(C)OCC(C)(COC(=O)C(C)(C)CC)C(=O)OCc1ccc(C[N+](C)(C)Cc2ccccc2)cc1. The Balaban J connectivity index is 2.03. The van der Waals surface area contributed by atoms with Crippen molar-refractivity contribution in [3.8, 4) is 0 Å². The first-order chi connectivity index (χ1) is 18.1. The van der Waals surface area contributed by atoms with Gasteiger partial charge in [-0.2, -0.15) is 0 Å². The van der Waals surface area contributed by atoms with Crippen molar-refractivity contribution in [1.82, 2.24) is 0 Å². The third-order valence-electron chi connectivity index (χ3n) is 7.54. The summed E-state index contributed by atoms with van der Waals surface area (Å²) in [5.74, 6) is -0.774. The Bertz CT molecular complexity index is 1060. The van der Waals surface area contributed by atoms with Crippen LogP contribution in [-0.2, 0) is 43.5 Å². The predicted octanol–water partition coefficient (Wildman–Crippen LogP) is 6.70. The van der Waals surface area contributed by atoms with Crippen LogP contribution in [0, 0.1) is 10.8 Å². The number of hydrogen-bond donors (Lipinski definition) is 0. The third-order valence-corrected chi connectivity index (χ3v) is 7.54. The van der Waals surface area contributed by atoms with Gasteiger partial charge in [-0.3, -0.25) is 9.59 Å². The van der Waals surface area contributed by atoms with Crippen molar-refractivity contribution in [1.29, 1.82) is 0 Å². The molecule has 6 heteroatoms. The molecule has 2 aromatic carbocycles. The van der Waals surface area contributed by atoms with Gasteiger partial charge in [-0.1, -0.05) is 68.4 Å². The lowest BCUT2D eigenvalue weighted by atomic mass is 9.89. The highest BCUT2D eigenvalue weighted by Crippen LogP contribution is 2.28.